The van der Waals surface area contributed by atoms with E-state index < -0.39 is 0 Å². The van der Waals surface area contributed by atoms with Crippen molar-refractivity contribution in [2.45, 2.75) is 51.0 Å². The van der Waals surface area contributed by atoms with E-state index in [2.05, 4.69) is 104 Å². The number of benzene rings is 3. The number of nitrogens with zero attached hydrogens (tertiary/aromatic N) is 1. The van der Waals surface area contributed by atoms with Crippen molar-refractivity contribution in [1.29, 1.82) is 0 Å². The smallest absolute Gasteiger partial charge is 0.0453 e. The van der Waals surface area contributed by atoms with Crippen molar-refractivity contribution in [1.82, 2.24) is 0 Å². The highest BCUT2D eigenvalue weighted by atomic mass is 15.2. The molecule has 3 aromatic carbocycles. The average Bonchev–Trinajstić information content (AvgIpc) is 3.30. The topological polar surface area (TPSA) is 3.24 Å². The molecule has 0 bridgehead atoms. The van der Waals surface area contributed by atoms with Gasteiger partial charge >= 0.3 is 0 Å². The van der Waals surface area contributed by atoms with Crippen LogP contribution in [0.2, 0.25) is 0 Å². The first-order chi connectivity index (χ1) is 14.2. The van der Waals surface area contributed by atoms with Gasteiger partial charge in [-0.05, 0) is 67.1 Å². The van der Waals surface area contributed by atoms with E-state index in [0.717, 1.165) is 0 Å². The fraction of sp³-hybridized carbons (Fsp3) is 0.286. The van der Waals surface area contributed by atoms with E-state index in [1.807, 2.05) is 0 Å². The maximum Gasteiger partial charge on any atom is 0.0453 e. The number of hydrogen-bond donors (Lipinski definition) is 0. The number of hydrogen-bond acceptors (Lipinski definition) is 1. The molecule has 2 unspecified atom stereocenters. The van der Waals surface area contributed by atoms with Crippen LogP contribution >= 0.6 is 0 Å². The molecule has 0 aromatic heterocycles. The predicted molar refractivity (Wildman–Crippen MR) is 125 cm³/mol. The molecular formula is C28H29N. The van der Waals surface area contributed by atoms with E-state index in [1.54, 1.807) is 5.56 Å². The van der Waals surface area contributed by atoms with Crippen LogP contribution in [0.3, 0.4) is 0 Å². The Morgan fingerprint density at radius 2 is 1.69 bits per heavy atom. The van der Waals surface area contributed by atoms with E-state index in [-0.39, 0.29) is 5.41 Å². The van der Waals surface area contributed by atoms with Crippen molar-refractivity contribution in [3.63, 3.8) is 0 Å². The summed E-state index contributed by atoms with van der Waals surface area (Å²) in [5.74, 6) is 0. The molecule has 146 valence electrons. The van der Waals surface area contributed by atoms with Crippen LogP contribution in [0.5, 0.6) is 0 Å². The summed E-state index contributed by atoms with van der Waals surface area (Å²) in [7, 11) is 0. The van der Waals surface area contributed by atoms with Crippen LogP contribution in [-0.2, 0) is 5.41 Å². The van der Waals surface area contributed by atoms with Crippen LogP contribution in [0.25, 0.3) is 12.2 Å². The number of anilines is 2. The predicted octanol–water partition coefficient (Wildman–Crippen LogP) is 7.52. The maximum atomic E-state index is 2.63. The fourth-order valence-corrected chi connectivity index (χ4v) is 5.56. The lowest BCUT2D eigenvalue weighted by molar-refractivity contribution is 0.399. The third-order valence-electron chi connectivity index (χ3n) is 7.08. The number of aryl methyl sites for hydroxylation is 1. The number of fused-ring (bicyclic) bond motifs is 3. The first-order valence-corrected chi connectivity index (χ1v) is 10.9. The van der Waals surface area contributed by atoms with Gasteiger partial charge in [0.15, 0.2) is 0 Å². The summed E-state index contributed by atoms with van der Waals surface area (Å²) < 4.78 is 0. The molecule has 1 aliphatic carbocycles. The van der Waals surface area contributed by atoms with Crippen molar-refractivity contribution in [2.75, 3.05) is 4.90 Å². The number of rotatable bonds is 4. The van der Waals surface area contributed by atoms with Gasteiger partial charge in [-0.15, -0.1) is 0 Å². The van der Waals surface area contributed by atoms with Gasteiger partial charge in [0.25, 0.3) is 0 Å². The molecule has 1 saturated carbocycles. The van der Waals surface area contributed by atoms with Crippen LogP contribution in [0.15, 0.2) is 72.8 Å². The fourth-order valence-electron chi connectivity index (χ4n) is 5.56. The Hall–Kier alpha value is -2.80. The second-order valence-corrected chi connectivity index (χ2v) is 8.64. The van der Waals surface area contributed by atoms with Gasteiger partial charge in [0, 0.05) is 22.8 Å². The maximum absolute atomic E-state index is 2.63. The van der Waals surface area contributed by atoms with Gasteiger partial charge in [-0.1, -0.05) is 79.6 Å². The van der Waals surface area contributed by atoms with Crippen LogP contribution < -0.4 is 4.90 Å². The minimum atomic E-state index is 0.289. The highest BCUT2D eigenvalue weighted by molar-refractivity contribution is 5.78. The Morgan fingerprint density at radius 3 is 2.45 bits per heavy atom. The highest BCUT2D eigenvalue weighted by Gasteiger charge is 2.52. The van der Waals surface area contributed by atoms with Crippen LogP contribution in [0.4, 0.5) is 11.4 Å². The van der Waals surface area contributed by atoms with Crippen LogP contribution in [0.1, 0.15) is 54.9 Å². The molecule has 0 N–H and O–H groups in total. The molecule has 0 saturated heterocycles. The van der Waals surface area contributed by atoms with Crippen molar-refractivity contribution in [3.8, 4) is 0 Å². The molecule has 3 aromatic rings. The van der Waals surface area contributed by atoms with Gasteiger partial charge in [0.05, 0.1) is 0 Å². The standard InChI is InChI=1S/C28H29N/c1-3-28-19-7-10-27(28)29(24-16-11-21(2)12-17-24)26-18-15-23(20-25(26)28)14-13-22-8-5-4-6-9-22/h4-6,8-9,11-18,20,27H,3,7,10,19H2,1-2H3. The molecule has 0 spiro atoms. The molecule has 1 nitrogen and oxygen atoms in total. The summed E-state index contributed by atoms with van der Waals surface area (Å²) in [6, 6.07) is 27.3. The SMILES string of the molecule is CCC12CCCC1N(c1ccc(C)cc1)c1ccc(C=Cc3ccccc3)cc12. The summed E-state index contributed by atoms with van der Waals surface area (Å²) in [6.07, 6.45) is 9.60. The normalized spacial score (nSPS) is 22.8. The molecule has 1 aliphatic heterocycles. The van der Waals surface area contributed by atoms with E-state index in [9.17, 15) is 0 Å². The lowest BCUT2D eigenvalue weighted by Gasteiger charge is -2.33. The lowest BCUT2D eigenvalue weighted by Crippen LogP contribution is -2.38. The van der Waals surface area contributed by atoms with Gasteiger partial charge in [0.1, 0.15) is 0 Å². The van der Waals surface area contributed by atoms with E-state index >= 15 is 0 Å². The summed E-state index contributed by atoms with van der Waals surface area (Å²) in [6.45, 7) is 4.55. The minimum absolute atomic E-state index is 0.289. The molecule has 1 fully saturated rings. The first-order valence-electron chi connectivity index (χ1n) is 10.9. The molecule has 2 atom stereocenters. The zero-order valence-electron chi connectivity index (χ0n) is 17.4. The molecule has 1 heterocycles. The Kier molecular flexibility index (Phi) is 4.54. The Labute approximate surface area is 174 Å². The molecule has 2 aliphatic rings. The average molecular weight is 380 g/mol. The third kappa shape index (κ3) is 3.00. The highest BCUT2D eigenvalue weighted by Crippen LogP contribution is 2.57. The van der Waals surface area contributed by atoms with Gasteiger partial charge < -0.3 is 4.90 Å². The van der Waals surface area contributed by atoms with Gasteiger partial charge in [-0.2, -0.15) is 0 Å². The second kappa shape index (κ2) is 7.22. The quantitative estimate of drug-likeness (QED) is 0.424. The molecule has 0 amide bonds. The zero-order valence-corrected chi connectivity index (χ0v) is 17.4. The summed E-state index contributed by atoms with van der Waals surface area (Å²) in [4.78, 5) is 2.63. The summed E-state index contributed by atoms with van der Waals surface area (Å²) in [5.41, 5.74) is 8.47. The van der Waals surface area contributed by atoms with Gasteiger partial charge in [-0.25, -0.2) is 0 Å². The molecule has 0 radical (unpaired) electrons. The van der Waals surface area contributed by atoms with Crippen molar-refractivity contribution >= 4 is 23.5 Å². The van der Waals surface area contributed by atoms with Crippen molar-refractivity contribution < 1.29 is 0 Å². The zero-order chi connectivity index (χ0) is 19.8. The molecular weight excluding hydrogens is 350 g/mol. The van der Waals surface area contributed by atoms with E-state index in [1.165, 1.54) is 53.7 Å². The van der Waals surface area contributed by atoms with E-state index in [0.29, 0.717) is 6.04 Å². The monoisotopic (exact) mass is 379 g/mol. The van der Waals surface area contributed by atoms with Crippen molar-refractivity contribution in [3.05, 3.63) is 95.1 Å². The molecule has 5 rings (SSSR count). The van der Waals surface area contributed by atoms with Gasteiger partial charge in [-0.3, -0.25) is 0 Å². The largest absolute Gasteiger partial charge is 0.337 e. The van der Waals surface area contributed by atoms with Gasteiger partial charge in [0.2, 0.25) is 0 Å². The minimum Gasteiger partial charge on any atom is -0.337 e. The third-order valence-corrected chi connectivity index (χ3v) is 7.08. The van der Waals surface area contributed by atoms with E-state index in [4.69, 9.17) is 0 Å². The van der Waals surface area contributed by atoms with Crippen molar-refractivity contribution in [2.24, 2.45) is 0 Å². The molecule has 29 heavy (non-hydrogen) atoms. The summed E-state index contributed by atoms with van der Waals surface area (Å²) >= 11 is 0. The first kappa shape index (κ1) is 18.2. The van der Waals surface area contributed by atoms with Crippen LogP contribution in [-0.4, -0.2) is 6.04 Å². The lowest BCUT2D eigenvalue weighted by atomic mass is 9.75. The Balaban J connectivity index is 1.58. The summed E-state index contributed by atoms with van der Waals surface area (Å²) in [5, 5.41) is 0. The molecule has 1 heteroatoms. The van der Waals surface area contributed by atoms with Crippen LogP contribution in [0, 0.1) is 6.92 Å². The second-order valence-electron chi connectivity index (χ2n) is 8.64. The Bertz CT molecular complexity index is 1030. The Morgan fingerprint density at radius 1 is 0.931 bits per heavy atom.